The lowest BCUT2D eigenvalue weighted by Crippen LogP contribution is -2.31. The zero-order chi connectivity index (χ0) is 29.0. The first-order chi connectivity index (χ1) is 19.8. The Hall–Kier alpha value is -4.23. The van der Waals surface area contributed by atoms with E-state index in [4.69, 9.17) is 9.72 Å². The van der Waals surface area contributed by atoms with E-state index in [-0.39, 0.29) is 17.6 Å². The molecule has 5 aromatic rings. The smallest absolute Gasteiger partial charge is 0.337 e. The average molecular weight is 566 g/mol. The van der Waals surface area contributed by atoms with Gasteiger partial charge in [-0.1, -0.05) is 76.2 Å². The molecule has 41 heavy (non-hydrogen) atoms. The highest BCUT2D eigenvalue weighted by atomic mass is 32.1. The fourth-order valence-electron chi connectivity index (χ4n) is 5.38. The SMILES string of the molecule is CC(C)CC(c1ccc(-c2csc(COc3cncc(C(=O)O)c3)n2)cc1)(c1ccc(C(C)C)cc1)c1ccc[nH]1. The maximum absolute atomic E-state index is 11.2. The fraction of sp³-hybridized carbons (Fsp3) is 0.265. The van der Waals surface area contributed by atoms with E-state index in [2.05, 4.69) is 98.3 Å². The van der Waals surface area contributed by atoms with Crippen molar-refractivity contribution in [1.82, 2.24) is 15.0 Å². The number of carboxylic acid groups (broad SMARTS) is 1. The highest BCUT2D eigenvalue weighted by Gasteiger charge is 2.38. The number of aromatic nitrogens is 3. The third-order valence-electron chi connectivity index (χ3n) is 7.39. The third kappa shape index (κ3) is 6.10. The van der Waals surface area contributed by atoms with Crippen molar-refractivity contribution in [3.05, 3.63) is 124 Å². The van der Waals surface area contributed by atoms with Gasteiger partial charge in [0, 0.05) is 29.0 Å². The van der Waals surface area contributed by atoms with E-state index in [0.29, 0.717) is 17.6 Å². The van der Waals surface area contributed by atoms with Crippen LogP contribution in [0.4, 0.5) is 0 Å². The summed E-state index contributed by atoms with van der Waals surface area (Å²) in [6.07, 6.45) is 5.77. The normalized spacial score (nSPS) is 12.9. The molecule has 0 aliphatic carbocycles. The van der Waals surface area contributed by atoms with Gasteiger partial charge in [-0.3, -0.25) is 4.98 Å². The number of aromatic amines is 1. The fourth-order valence-corrected chi connectivity index (χ4v) is 6.09. The molecule has 3 heterocycles. The Bertz CT molecular complexity index is 1590. The van der Waals surface area contributed by atoms with Crippen LogP contribution in [0.5, 0.6) is 5.75 Å². The molecular weight excluding hydrogens is 530 g/mol. The van der Waals surface area contributed by atoms with Crippen LogP contribution in [0, 0.1) is 5.92 Å². The molecule has 3 aromatic heterocycles. The van der Waals surface area contributed by atoms with Gasteiger partial charge in [-0.05, 0) is 53.1 Å². The zero-order valence-corrected chi connectivity index (χ0v) is 24.6. The minimum atomic E-state index is -1.04. The lowest BCUT2D eigenvalue weighted by atomic mass is 9.67. The Balaban J connectivity index is 1.43. The van der Waals surface area contributed by atoms with Crippen LogP contribution in [0.15, 0.2) is 90.7 Å². The summed E-state index contributed by atoms with van der Waals surface area (Å²) >= 11 is 1.51. The van der Waals surface area contributed by atoms with Gasteiger partial charge in [0.05, 0.1) is 22.9 Å². The molecule has 0 saturated carbocycles. The number of ether oxygens (including phenoxy) is 1. The monoisotopic (exact) mass is 565 g/mol. The van der Waals surface area contributed by atoms with Gasteiger partial charge in [0.25, 0.3) is 0 Å². The molecule has 0 aliphatic heterocycles. The molecule has 2 N–H and O–H groups in total. The number of benzene rings is 2. The van der Waals surface area contributed by atoms with Gasteiger partial charge in [0.15, 0.2) is 0 Å². The molecule has 2 aromatic carbocycles. The van der Waals surface area contributed by atoms with Crippen LogP contribution < -0.4 is 4.74 Å². The van der Waals surface area contributed by atoms with Crippen molar-refractivity contribution in [2.45, 2.75) is 52.1 Å². The molecule has 0 fully saturated rings. The molecule has 0 saturated heterocycles. The van der Waals surface area contributed by atoms with E-state index in [1.807, 2.05) is 11.6 Å². The van der Waals surface area contributed by atoms with Gasteiger partial charge >= 0.3 is 5.97 Å². The molecule has 6 nitrogen and oxygen atoms in total. The van der Waals surface area contributed by atoms with E-state index < -0.39 is 5.97 Å². The molecule has 0 aliphatic rings. The number of hydrogen-bond donors (Lipinski definition) is 2. The van der Waals surface area contributed by atoms with Crippen LogP contribution in [0.1, 0.15) is 77.8 Å². The zero-order valence-electron chi connectivity index (χ0n) is 23.8. The number of carbonyl (C=O) groups is 1. The summed E-state index contributed by atoms with van der Waals surface area (Å²) in [7, 11) is 0. The van der Waals surface area contributed by atoms with Crippen LogP contribution in [-0.4, -0.2) is 26.0 Å². The Morgan fingerprint density at radius 1 is 1.00 bits per heavy atom. The van der Waals surface area contributed by atoms with E-state index in [1.54, 1.807) is 0 Å². The van der Waals surface area contributed by atoms with Crippen molar-refractivity contribution in [2.24, 2.45) is 5.92 Å². The number of rotatable bonds is 11. The first-order valence-electron chi connectivity index (χ1n) is 13.9. The Labute approximate surface area is 245 Å². The van der Waals surface area contributed by atoms with Gasteiger partial charge in [0.1, 0.15) is 17.4 Å². The number of thiazole rings is 1. The number of nitrogens with one attached hydrogen (secondary N) is 1. The standard InChI is InChI=1S/C34H35N3O3S/c1-22(2)17-34(31-6-5-15-36-31,27-11-7-24(8-12-27)23(3)4)28-13-9-25(10-14-28)30-21-41-32(37-30)20-40-29-16-26(33(38)39)18-35-19-29/h5-16,18-19,21-23,36H,17,20H2,1-4H3,(H,38,39). The molecule has 0 amide bonds. The average Bonchev–Trinajstić information content (AvgIpc) is 3.68. The Morgan fingerprint density at radius 2 is 1.71 bits per heavy atom. The topological polar surface area (TPSA) is 88.1 Å². The summed E-state index contributed by atoms with van der Waals surface area (Å²) in [5, 5.41) is 12.0. The second-order valence-electron chi connectivity index (χ2n) is 11.1. The molecular formula is C34H35N3O3S. The van der Waals surface area contributed by atoms with Crippen molar-refractivity contribution in [1.29, 1.82) is 0 Å². The summed E-state index contributed by atoms with van der Waals surface area (Å²) < 4.78 is 5.76. The van der Waals surface area contributed by atoms with Crippen LogP contribution >= 0.6 is 11.3 Å². The number of aromatic carboxylic acids is 1. The molecule has 210 valence electrons. The van der Waals surface area contributed by atoms with Gasteiger partial charge in [-0.25, -0.2) is 9.78 Å². The predicted molar refractivity (Wildman–Crippen MR) is 164 cm³/mol. The van der Waals surface area contributed by atoms with Crippen LogP contribution in [0.3, 0.4) is 0 Å². The number of nitrogens with zero attached hydrogens (tertiary/aromatic N) is 2. The predicted octanol–water partition coefficient (Wildman–Crippen LogP) is 8.31. The van der Waals surface area contributed by atoms with Gasteiger partial charge in [-0.15, -0.1) is 11.3 Å². The molecule has 1 unspecified atom stereocenters. The van der Waals surface area contributed by atoms with E-state index in [0.717, 1.165) is 22.7 Å². The van der Waals surface area contributed by atoms with Crippen molar-refractivity contribution < 1.29 is 14.6 Å². The van der Waals surface area contributed by atoms with E-state index >= 15 is 0 Å². The number of pyridine rings is 1. The van der Waals surface area contributed by atoms with Crippen LogP contribution in [0.2, 0.25) is 0 Å². The summed E-state index contributed by atoms with van der Waals surface area (Å²) in [5.41, 5.74) is 6.73. The summed E-state index contributed by atoms with van der Waals surface area (Å²) in [6.45, 7) is 9.25. The summed E-state index contributed by atoms with van der Waals surface area (Å²) in [6, 6.07) is 23.6. The van der Waals surface area contributed by atoms with Crippen LogP contribution in [-0.2, 0) is 12.0 Å². The Kier molecular flexibility index (Phi) is 8.36. The van der Waals surface area contributed by atoms with Gasteiger partial charge < -0.3 is 14.8 Å². The van der Waals surface area contributed by atoms with Crippen LogP contribution in [0.25, 0.3) is 11.3 Å². The minimum absolute atomic E-state index is 0.0890. The first kappa shape index (κ1) is 28.3. The second kappa shape index (κ2) is 12.1. The lowest BCUT2D eigenvalue weighted by Gasteiger charge is -2.36. The Morgan fingerprint density at radius 3 is 2.32 bits per heavy atom. The molecule has 0 spiro atoms. The number of hydrogen-bond acceptors (Lipinski definition) is 5. The van der Waals surface area contributed by atoms with Crippen molar-refractivity contribution in [3.8, 4) is 17.0 Å². The molecule has 1 atom stereocenters. The highest BCUT2D eigenvalue weighted by Crippen LogP contribution is 2.44. The minimum Gasteiger partial charge on any atom is -0.485 e. The second-order valence-corrected chi connectivity index (χ2v) is 12.0. The van der Waals surface area contributed by atoms with E-state index in [9.17, 15) is 9.90 Å². The highest BCUT2D eigenvalue weighted by molar-refractivity contribution is 7.09. The number of carboxylic acids is 1. The lowest BCUT2D eigenvalue weighted by molar-refractivity contribution is 0.0695. The quantitative estimate of drug-likeness (QED) is 0.168. The molecule has 5 rings (SSSR count). The maximum atomic E-state index is 11.2. The van der Waals surface area contributed by atoms with Crippen molar-refractivity contribution in [3.63, 3.8) is 0 Å². The summed E-state index contributed by atoms with van der Waals surface area (Å²) in [5.74, 6) is 0.311. The summed E-state index contributed by atoms with van der Waals surface area (Å²) in [4.78, 5) is 23.5. The number of H-pyrrole nitrogens is 1. The molecule has 7 heteroatoms. The molecule has 0 radical (unpaired) electrons. The van der Waals surface area contributed by atoms with Crippen molar-refractivity contribution in [2.75, 3.05) is 0 Å². The molecule has 0 bridgehead atoms. The van der Waals surface area contributed by atoms with E-state index in [1.165, 1.54) is 52.2 Å². The van der Waals surface area contributed by atoms with Gasteiger partial charge in [0.2, 0.25) is 0 Å². The maximum Gasteiger partial charge on any atom is 0.337 e. The van der Waals surface area contributed by atoms with Crippen molar-refractivity contribution >= 4 is 17.3 Å². The third-order valence-corrected chi connectivity index (χ3v) is 8.21. The largest absolute Gasteiger partial charge is 0.485 e. The van der Waals surface area contributed by atoms with Gasteiger partial charge in [-0.2, -0.15) is 0 Å². The first-order valence-corrected chi connectivity index (χ1v) is 14.7.